The molecule has 4 rings (SSSR count). The minimum atomic E-state index is -0.196. The summed E-state index contributed by atoms with van der Waals surface area (Å²) in [6, 6.07) is 9.58. The minimum absolute atomic E-state index is 0.0676. The molecule has 2 aromatic heterocycles. The predicted molar refractivity (Wildman–Crippen MR) is 111 cm³/mol. The molecule has 0 saturated carbocycles. The molecule has 2 atom stereocenters. The van der Waals surface area contributed by atoms with Crippen molar-refractivity contribution in [3.63, 3.8) is 0 Å². The number of fused-ring (bicyclic) bond motifs is 1. The van der Waals surface area contributed by atoms with Gasteiger partial charge in [-0.3, -0.25) is 4.79 Å². The van der Waals surface area contributed by atoms with E-state index in [0.29, 0.717) is 0 Å². The zero-order valence-corrected chi connectivity index (χ0v) is 17.1. The minimum Gasteiger partial charge on any atom is -0.459 e. The van der Waals surface area contributed by atoms with Crippen molar-refractivity contribution >= 4 is 45.1 Å². The average Bonchev–Trinajstić information content (AvgIpc) is 3.45. The second kappa shape index (κ2) is 8.93. The maximum atomic E-state index is 12.3. The fourth-order valence-corrected chi connectivity index (χ4v) is 4.61. The van der Waals surface area contributed by atoms with Crippen LogP contribution in [0.15, 0.2) is 39.1 Å². The first-order valence-corrected chi connectivity index (χ1v) is 11.1. The fraction of sp³-hybridized carbons (Fsp3) is 0.421. The second-order valence-electron chi connectivity index (χ2n) is 6.65. The lowest BCUT2D eigenvalue weighted by molar-refractivity contribution is -0.119. The third kappa shape index (κ3) is 4.84. The molecule has 0 radical (unpaired) electrons. The fourth-order valence-electron chi connectivity index (χ4n) is 3.04. The number of aromatic nitrogens is 2. The van der Waals surface area contributed by atoms with Crippen molar-refractivity contribution in [1.82, 2.24) is 15.5 Å². The van der Waals surface area contributed by atoms with E-state index >= 15 is 0 Å². The number of hydrogen-bond donors (Lipinski definition) is 2. The highest BCUT2D eigenvalue weighted by molar-refractivity contribution is 8.01. The van der Waals surface area contributed by atoms with E-state index in [4.69, 9.17) is 9.15 Å². The zero-order valence-electron chi connectivity index (χ0n) is 15.5. The van der Waals surface area contributed by atoms with E-state index in [1.54, 1.807) is 0 Å². The van der Waals surface area contributed by atoms with Crippen molar-refractivity contribution in [3.8, 4) is 0 Å². The van der Waals surface area contributed by atoms with Crippen molar-refractivity contribution in [2.75, 3.05) is 24.2 Å². The summed E-state index contributed by atoms with van der Waals surface area (Å²) in [6.07, 6.45) is 2.45. The topological polar surface area (TPSA) is 89.3 Å². The first kappa shape index (κ1) is 19.2. The second-order valence-corrected chi connectivity index (χ2v) is 8.85. The van der Waals surface area contributed by atoms with Gasteiger partial charge in [0.15, 0.2) is 4.34 Å². The van der Waals surface area contributed by atoms with Crippen molar-refractivity contribution < 1.29 is 13.9 Å². The largest absolute Gasteiger partial charge is 0.459 e. The number of amides is 1. The third-order valence-electron chi connectivity index (χ3n) is 4.49. The molecule has 148 valence electrons. The van der Waals surface area contributed by atoms with Crippen LogP contribution in [-0.2, 0) is 9.53 Å². The Morgan fingerprint density at radius 2 is 2.29 bits per heavy atom. The van der Waals surface area contributed by atoms with Crippen LogP contribution in [-0.4, -0.2) is 41.1 Å². The van der Waals surface area contributed by atoms with Gasteiger partial charge in [-0.25, -0.2) is 0 Å². The number of benzene rings is 1. The number of nitrogens with one attached hydrogen (secondary N) is 2. The zero-order chi connectivity index (χ0) is 19.3. The Balaban J connectivity index is 1.23. The Labute approximate surface area is 171 Å². The van der Waals surface area contributed by atoms with Crippen LogP contribution in [0.25, 0.3) is 11.0 Å². The van der Waals surface area contributed by atoms with Gasteiger partial charge in [0.05, 0.1) is 17.9 Å². The summed E-state index contributed by atoms with van der Waals surface area (Å²) in [4.78, 5) is 12.3. The lowest BCUT2D eigenvalue weighted by Gasteiger charge is -2.10. The normalized spacial score (nSPS) is 17.7. The van der Waals surface area contributed by atoms with Crippen molar-refractivity contribution in [3.05, 3.63) is 36.1 Å². The van der Waals surface area contributed by atoms with Crippen LogP contribution in [0.2, 0.25) is 0 Å². The molecule has 1 aromatic carbocycles. The Morgan fingerprint density at radius 3 is 3.11 bits per heavy atom. The van der Waals surface area contributed by atoms with E-state index in [2.05, 4.69) is 20.8 Å². The molecule has 1 fully saturated rings. The molecule has 2 N–H and O–H groups in total. The Kier molecular flexibility index (Phi) is 6.13. The number of anilines is 1. The van der Waals surface area contributed by atoms with E-state index in [1.165, 1.54) is 23.1 Å². The van der Waals surface area contributed by atoms with Gasteiger partial charge in [-0.15, -0.1) is 10.2 Å². The molecule has 1 amide bonds. The van der Waals surface area contributed by atoms with Gasteiger partial charge >= 0.3 is 0 Å². The van der Waals surface area contributed by atoms with Gasteiger partial charge in [0, 0.05) is 18.5 Å². The first-order chi connectivity index (χ1) is 13.7. The molecule has 3 aromatic rings. The summed E-state index contributed by atoms with van der Waals surface area (Å²) in [5.74, 6) is 0.961. The van der Waals surface area contributed by atoms with E-state index in [1.807, 2.05) is 37.3 Å². The number of ether oxygens (including phenoxy) is 1. The van der Waals surface area contributed by atoms with Gasteiger partial charge < -0.3 is 19.8 Å². The number of rotatable bonds is 8. The van der Waals surface area contributed by atoms with Gasteiger partial charge in [0.2, 0.25) is 11.0 Å². The number of hydrogen-bond acceptors (Lipinski definition) is 8. The molecule has 7 nitrogen and oxygen atoms in total. The molecule has 1 aliphatic rings. The molecule has 0 aliphatic carbocycles. The highest BCUT2D eigenvalue weighted by Crippen LogP contribution is 2.27. The van der Waals surface area contributed by atoms with Crippen LogP contribution >= 0.6 is 23.1 Å². The summed E-state index contributed by atoms with van der Waals surface area (Å²) in [7, 11) is 0. The van der Waals surface area contributed by atoms with Crippen LogP contribution in [0.5, 0.6) is 0 Å². The number of nitrogens with zero attached hydrogens (tertiary/aromatic N) is 2. The Hall–Kier alpha value is -2.10. The molecule has 0 unspecified atom stereocenters. The smallest absolute Gasteiger partial charge is 0.231 e. The number of thioether (sulfide) groups is 1. The lowest BCUT2D eigenvalue weighted by Crippen LogP contribution is -2.27. The van der Waals surface area contributed by atoms with Crippen molar-refractivity contribution in [1.29, 1.82) is 0 Å². The van der Waals surface area contributed by atoms with Gasteiger partial charge in [0.25, 0.3) is 0 Å². The van der Waals surface area contributed by atoms with Gasteiger partial charge in [0.1, 0.15) is 11.3 Å². The standard InChI is InChI=1S/C19H22N4O3S2/c1-12(16-9-13-5-2-3-7-15(13)26-16)21-17(24)11-27-19-23-22-18(28-19)20-10-14-6-4-8-25-14/h2-3,5,7,9,12,14H,4,6,8,10-11H2,1H3,(H,20,22)(H,21,24)/t12-,14+/m0/s1. The lowest BCUT2D eigenvalue weighted by atomic mass is 10.2. The summed E-state index contributed by atoms with van der Waals surface area (Å²) >= 11 is 2.83. The Morgan fingerprint density at radius 1 is 1.39 bits per heavy atom. The van der Waals surface area contributed by atoms with E-state index in [9.17, 15) is 4.79 Å². The number of furan rings is 1. The van der Waals surface area contributed by atoms with Gasteiger partial charge in [-0.05, 0) is 31.9 Å². The van der Waals surface area contributed by atoms with Crippen molar-refractivity contribution in [2.24, 2.45) is 0 Å². The monoisotopic (exact) mass is 418 g/mol. The van der Waals surface area contributed by atoms with E-state index in [0.717, 1.165) is 52.2 Å². The molecule has 0 spiro atoms. The molecular weight excluding hydrogens is 396 g/mol. The van der Waals surface area contributed by atoms with E-state index < -0.39 is 0 Å². The first-order valence-electron chi connectivity index (χ1n) is 9.27. The molecule has 3 heterocycles. The molecular formula is C19H22N4O3S2. The maximum absolute atomic E-state index is 12.3. The molecule has 0 bridgehead atoms. The van der Waals surface area contributed by atoms with Crippen molar-refractivity contribution in [2.45, 2.75) is 36.3 Å². The summed E-state index contributed by atoms with van der Waals surface area (Å²) in [6.45, 7) is 3.50. The predicted octanol–water partition coefficient (Wildman–Crippen LogP) is 3.84. The number of para-hydroxylation sites is 1. The number of carbonyl (C=O) groups excluding carboxylic acids is 1. The summed E-state index contributed by atoms with van der Waals surface area (Å²) in [5.41, 5.74) is 0.824. The molecule has 1 aliphatic heterocycles. The summed E-state index contributed by atoms with van der Waals surface area (Å²) < 4.78 is 12.2. The van der Waals surface area contributed by atoms with Crippen LogP contribution < -0.4 is 10.6 Å². The van der Waals surface area contributed by atoms with Crippen LogP contribution in [0.4, 0.5) is 5.13 Å². The van der Waals surface area contributed by atoms with E-state index in [-0.39, 0.29) is 23.8 Å². The van der Waals surface area contributed by atoms with Gasteiger partial charge in [-0.2, -0.15) is 0 Å². The Bertz CT molecular complexity index is 903. The number of carbonyl (C=O) groups is 1. The molecule has 9 heteroatoms. The molecule has 1 saturated heterocycles. The SMILES string of the molecule is C[C@H](NC(=O)CSc1nnc(NC[C@H]2CCCO2)s1)c1cc2ccccc2o1. The maximum Gasteiger partial charge on any atom is 0.231 e. The highest BCUT2D eigenvalue weighted by Gasteiger charge is 2.17. The van der Waals surface area contributed by atoms with Crippen LogP contribution in [0.1, 0.15) is 31.6 Å². The van der Waals surface area contributed by atoms with Crippen LogP contribution in [0.3, 0.4) is 0 Å². The summed E-state index contributed by atoms with van der Waals surface area (Å²) in [5, 5.41) is 16.3. The highest BCUT2D eigenvalue weighted by atomic mass is 32.2. The average molecular weight is 419 g/mol. The van der Waals surface area contributed by atoms with Crippen LogP contribution in [0, 0.1) is 0 Å². The quantitative estimate of drug-likeness (QED) is 0.537. The third-order valence-corrected chi connectivity index (χ3v) is 6.50. The molecule has 28 heavy (non-hydrogen) atoms. The van der Waals surface area contributed by atoms with Gasteiger partial charge in [-0.1, -0.05) is 41.3 Å².